The summed E-state index contributed by atoms with van der Waals surface area (Å²) in [5.74, 6) is -2.09. The fraction of sp³-hybridized carbons (Fsp3) is 0.625. The molecule has 13 heteroatoms. The number of benzene rings is 1. The average molecular weight is 646 g/mol. The van der Waals surface area contributed by atoms with E-state index in [-0.39, 0.29) is 24.8 Å². The molecule has 3 N–H and O–H groups in total. The number of ether oxygens (including phenoxy) is 1. The van der Waals surface area contributed by atoms with Crippen LogP contribution in [0.5, 0.6) is 0 Å². The molecule has 1 saturated heterocycles. The number of nitrogens with one attached hydrogen (secondary N) is 3. The van der Waals surface area contributed by atoms with Gasteiger partial charge in [0, 0.05) is 26.1 Å². The number of amides is 4. The number of fused-ring (bicyclic) bond motifs is 2. The van der Waals surface area contributed by atoms with Gasteiger partial charge in [0.15, 0.2) is 0 Å². The number of likely N-dealkylation sites (N-methyl/N-ethyl adjacent to an activating group) is 1. The van der Waals surface area contributed by atoms with Crippen molar-refractivity contribution >= 4 is 34.0 Å². The molecule has 1 saturated carbocycles. The van der Waals surface area contributed by atoms with Crippen molar-refractivity contribution in [3.05, 3.63) is 48.0 Å². The Kier molecular flexibility index (Phi) is 11.0. The summed E-state index contributed by atoms with van der Waals surface area (Å²) in [5, 5.41) is 5.55. The third-order valence-corrected chi connectivity index (χ3v) is 9.96. The summed E-state index contributed by atoms with van der Waals surface area (Å²) in [6, 6.07) is 7.71. The maximum Gasteiger partial charge on any atom is 0.408 e. The van der Waals surface area contributed by atoms with Gasteiger partial charge in [-0.1, -0.05) is 55.3 Å². The summed E-state index contributed by atoms with van der Waals surface area (Å²) < 4.78 is 35.0. The largest absolute Gasteiger partial charge is 0.444 e. The number of nitrogens with zero attached hydrogens (tertiary/aromatic N) is 2. The Morgan fingerprint density at radius 1 is 1.09 bits per heavy atom. The van der Waals surface area contributed by atoms with Gasteiger partial charge < -0.3 is 20.3 Å². The second-order valence-electron chi connectivity index (χ2n) is 13.2. The van der Waals surface area contributed by atoms with Crippen molar-refractivity contribution in [1.82, 2.24) is 24.6 Å². The number of allylic oxidation sites excluding steroid dienone is 1. The van der Waals surface area contributed by atoms with Gasteiger partial charge in [-0.15, -0.1) is 0 Å². The van der Waals surface area contributed by atoms with Gasteiger partial charge in [0.2, 0.25) is 11.8 Å². The zero-order chi connectivity index (χ0) is 32.8. The molecule has 1 aliphatic carbocycles. The SMILES string of the molecule is CN(CCc1ccccc1)S(=O)(=O)NC(=O)[C@@]12C[C@H]1/C=C\CCCCC[C@H](NC(=O)OC(C)(C)C)C(=O)N1CCCC1C(=O)N2. The van der Waals surface area contributed by atoms with Crippen LogP contribution < -0.4 is 15.4 Å². The van der Waals surface area contributed by atoms with Crippen LogP contribution in [0.15, 0.2) is 42.5 Å². The minimum Gasteiger partial charge on any atom is -0.444 e. The highest BCUT2D eigenvalue weighted by Crippen LogP contribution is 2.45. The maximum atomic E-state index is 13.7. The first-order valence-corrected chi connectivity index (χ1v) is 17.3. The van der Waals surface area contributed by atoms with E-state index in [9.17, 15) is 27.6 Å². The van der Waals surface area contributed by atoms with Crippen molar-refractivity contribution < 1.29 is 32.3 Å². The predicted molar refractivity (Wildman–Crippen MR) is 169 cm³/mol. The minimum absolute atomic E-state index is 0.160. The molecule has 4 rings (SSSR count). The molecule has 0 radical (unpaired) electrons. The summed E-state index contributed by atoms with van der Waals surface area (Å²) in [7, 11) is -2.79. The van der Waals surface area contributed by atoms with Gasteiger partial charge >= 0.3 is 16.3 Å². The number of alkyl carbamates (subject to hydrolysis) is 1. The fourth-order valence-electron chi connectivity index (χ4n) is 5.88. The Hall–Kier alpha value is -3.45. The van der Waals surface area contributed by atoms with E-state index < -0.39 is 51.3 Å². The van der Waals surface area contributed by atoms with Crippen LogP contribution in [0.3, 0.4) is 0 Å². The van der Waals surface area contributed by atoms with Gasteiger partial charge in [-0.05, 0) is 71.3 Å². The zero-order valence-corrected chi connectivity index (χ0v) is 27.5. The summed E-state index contributed by atoms with van der Waals surface area (Å²) in [5.41, 5.74) is -1.23. The van der Waals surface area contributed by atoms with Crippen LogP contribution in [0.4, 0.5) is 4.79 Å². The third-order valence-electron chi connectivity index (χ3n) is 8.52. The molecule has 2 fully saturated rings. The molecule has 0 aromatic heterocycles. The number of hydrogen-bond donors (Lipinski definition) is 3. The fourth-order valence-corrected chi connectivity index (χ4v) is 6.78. The van der Waals surface area contributed by atoms with Crippen molar-refractivity contribution in [3.63, 3.8) is 0 Å². The summed E-state index contributed by atoms with van der Waals surface area (Å²) in [4.78, 5) is 55.2. The molecule has 12 nitrogen and oxygen atoms in total. The van der Waals surface area contributed by atoms with Crippen molar-refractivity contribution in [2.75, 3.05) is 20.1 Å². The maximum absolute atomic E-state index is 13.7. The van der Waals surface area contributed by atoms with E-state index in [4.69, 9.17) is 4.74 Å². The lowest BCUT2D eigenvalue weighted by Gasteiger charge is -2.30. The Morgan fingerprint density at radius 3 is 2.53 bits per heavy atom. The van der Waals surface area contributed by atoms with Gasteiger partial charge in [-0.25, -0.2) is 9.52 Å². The van der Waals surface area contributed by atoms with Crippen LogP contribution in [0, 0.1) is 5.92 Å². The topological polar surface area (TPSA) is 154 Å². The summed E-state index contributed by atoms with van der Waals surface area (Å²) in [6.45, 7) is 5.71. The monoisotopic (exact) mass is 645 g/mol. The molecule has 0 spiro atoms. The van der Waals surface area contributed by atoms with Crippen LogP contribution in [0.25, 0.3) is 0 Å². The first kappa shape index (κ1) is 34.4. The Morgan fingerprint density at radius 2 is 1.82 bits per heavy atom. The first-order chi connectivity index (χ1) is 21.2. The molecule has 248 valence electrons. The normalized spacial score (nSPS) is 26.9. The van der Waals surface area contributed by atoms with Crippen LogP contribution in [0.2, 0.25) is 0 Å². The van der Waals surface area contributed by atoms with E-state index in [1.54, 1.807) is 20.8 Å². The molecule has 2 aliphatic heterocycles. The molecular weight excluding hydrogens is 598 g/mol. The molecule has 3 aliphatic rings. The van der Waals surface area contributed by atoms with Crippen LogP contribution in [0.1, 0.15) is 77.7 Å². The average Bonchev–Trinajstić information content (AvgIpc) is 3.43. The lowest BCUT2D eigenvalue weighted by molar-refractivity contribution is -0.141. The summed E-state index contributed by atoms with van der Waals surface area (Å²) in [6.07, 6.45) is 8.25. The van der Waals surface area contributed by atoms with Crippen LogP contribution in [-0.4, -0.2) is 84.8 Å². The third kappa shape index (κ3) is 9.06. The number of carbonyl (C=O) groups is 4. The lowest BCUT2D eigenvalue weighted by Crippen LogP contribution is -2.59. The molecule has 4 amide bonds. The van der Waals surface area contributed by atoms with E-state index in [1.165, 1.54) is 11.9 Å². The Balaban J connectivity index is 1.50. The molecule has 1 aromatic rings. The van der Waals surface area contributed by atoms with E-state index >= 15 is 0 Å². The van der Waals surface area contributed by atoms with Crippen molar-refractivity contribution in [3.8, 4) is 0 Å². The molecule has 45 heavy (non-hydrogen) atoms. The van der Waals surface area contributed by atoms with Crippen molar-refractivity contribution in [2.45, 2.75) is 102 Å². The van der Waals surface area contributed by atoms with Gasteiger partial charge in [-0.2, -0.15) is 12.7 Å². The zero-order valence-electron chi connectivity index (χ0n) is 26.7. The predicted octanol–water partition coefficient (Wildman–Crippen LogP) is 2.80. The second kappa shape index (κ2) is 14.3. The van der Waals surface area contributed by atoms with E-state index in [0.717, 1.165) is 29.1 Å². The van der Waals surface area contributed by atoms with Crippen molar-refractivity contribution in [1.29, 1.82) is 0 Å². The van der Waals surface area contributed by atoms with E-state index in [1.807, 2.05) is 42.5 Å². The Bertz CT molecular complexity index is 1380. The highest BCUT2D eigenvalue weighted by Gasteiger charge is 2.61. The molecule has 1 aromatic carbocycles. The standard InChI is InChI=1S/C32H47N5O7S/c1-31(2,3)44-30(41)33-25-17-12-7-5-6-11-16-24-22-32(24,34-27(38)26-18-13-20-37(26)28(25)39)29(40)35-45(42,43)36(4)21-19-23-14-9-8-10-15-23/h8-11,14-16,24-26H,5-7,12-13,17-22H2,1-4H3,(H,33,41)(H,34,38)(H,35,40)/b16-11-/t24-,25+,26?,32-/m1/s1. The smallest absolute Gasteiger partial charge is 0.408 e. The van der Waals surface area contributed by atoms with Crippen LogP contribution >= 0.6 is 0 Å². The van der Waals surface area contributed by atoms with E-state index in [2.05, 4.69) is 15.4 Å². The van der Waals surface area contributed by atoms with Gasteiger partial charge in [0.05, 0.1) is 0 Å². The Labute approximate surface area is 266 Å². The number of rotatable bonds is 7. The molecule has 4 atom stereocenters. The van der Waals surface area contributed by atoms with Gasteiger partial charge in [0.25, 0.3) is 5.91 Å². The summed E-state index contributed by atoms with van der Waals surface area (Å²) >= 11 is 0. The molecule has 1 unspecified atom stereocenters. The minimum atomic E-state index is -4.19. The van der Waals surface area contributed by atoms with Crippen molar-refractivity contribution in [2.24, 2.45) is 5.92 Å². The van der Waals surface area contributed by atoms with Gasteiger partial charge in [-0.3, -0.25) is 14.4 Å². The number of hydrogen-bond acceptors (Lipinski definition) is 7. The molecular formula is C32H47N5O7S. The lowest BCUT2D eigenvalue weighted by atomic mass is 10.0. The molecule has 2 heterocycles. The highest BCUT2D eigenvalue weighted by atomic mass is 32.2. The molecule has 0 bridgehead atoms. The van der Waals surface area contributed by atoms with Crippen LogP contribution in [-0.2, 0) is 35.8 Å². The second-order valence-corrected chi connectivity index (χ2v) is 15.0. The number of carbonyl (C=O) groups excluding carboxylic acids is 4. The van der Waals surface area contributed by atoms with E-state index in [0.29, 0.717) is 38.6 Å². The quantitative estimate of drug-likeness (QED) is 0.386. The highest BCUT2D eigenvalue weighted by molar-refractivity contribution is 7.87. The first-order valence-electron chi connectivity index (χ1n) is 15.8. The van der Waals surface area contributed by atoms with Gasteiger partial charge in [0.1, 0.15) is 23.2 Å².